The van der Waals surface area contributed by atoms with Crippen molar-refractivity contribution >= 4 is 0 Å². The Balaban J connectivity index is 1.16. The van der Waals surface area contributed by atoms with Gasteiger partial charge in [0.1, 0.15) is 5.75 Å². The van der Waals surface area contributed by atoms with Crippen LogP contribution in [0.5, 0.6) is 5.75 Å². The quantitative estimate of drug-likeness (QED) is 0.793. The SMILES string of the molecule is COc1ccc(CN2CCN(CC3CCN(C4(C)CCNCC4)CC3)CC2)cc1. The van der Waals surface area contributed by atoms with E-state index in [1.165, 1.54) is 90.1 Å². The lowest BCUT2D eigenvalue weighted by molar-refractivity contribution is 0.0273. The molecule has 5 nitrogen and oxygen atoms in total. The molecule has 3 heterocycles. The standard InChI is InChI=1S/C24H40N4O/c1-24(9-11-25-12-10-24)28-13-7-22(8-14-28)20-27-17-15-26(16-18-27)19-21-3-5-23(29-2)6-4-21/h3-6,22,25H,7-20H2,1-2H3. The van der Waals surface area contributed by atoms with E-state index in [4.69, 9.17) is 4.74 Å². The molecule has 0 aromatic heterocycles. The first-order chi connectivity index (χ1) is 14.1. The summed E-state index contributed by atoms with van der Waals surface area (Å²) >= 11 is 0. The summed E-state index contributed by atoms with van der Waals surface area (Å²) in [5, 5.41) is 3.52. The van der Waals surface area contributed by atoms with E-state index >= 15 is 0 Å². The molecule has 3 fully saturated rings. The summed E-state index contributed by atoms with van der Waals surface area (Å²) in [7, 11) is 1.73. The Labute approximate surface area is 177 Å². The normalized spacial score (nSPS) is 25.2. The van der Waals surface area contributed by atoms with Gasteiger partial charge in [-0.3, -0.25) is 9.80 Å². The lowest BCUT2D eigenvalue weighted by Gasteiger charge is -2.48. The van der Waals surface area contributed by atoms with Crippen molar-refractivity contribution < 1.29 is 4.74 Å². The van der Waals surface area contributed by atoms with Gasteiger partial charge >= 0.3 is 0 Å². The van der Waals surface area contributed by atoms with Gasteiger partial charge in [-0.15, -0.1) is 0 Å². The minimum Gasteiger partial charge on any atom is -0.497 e. The van der Waals surface area contributed by atoms with Crippen LogP contribution in [0, 0.1) is 5.92 Å². The van der Waals surface area contributed by atoms with Gasteiger partial charge in [-0.2, -0.15) is 0 Å². The van der Waals surface area contributed by atoms with E-state index in [0.717, 1.165) is 18.2 Å². The van der Waals surface area contributed by atoms with Gasteiger partial charge in [-0.25, -0.2) is 0 Å². The lowest BCUT2D eigenvalue weighted by atomic mass is 9.85. The van der Waals surface area contributed by atoms with E-state index in [2.05, 4.69) is 51.2 Å². The number of piperazine rings is 1. The highest BCUT2D eigenvalue weighted by molar-refractivity contribution is 5.27. The summed E-state index contributed by atoms with van der Waals surface area (Å²) in [6, 6.07) is 8.54. The Morgan fingerprint density at radius 2 is 1.55 bits per heavy atom. The number of rotatable bonds is 6. The minimum atomic E-state index is 0.448. The number of methoxy groups -OCH3 is 1. The maximum atomic E-state index is 5.27. The van der Waals surface area contributed by atoms with Crippen molar-refractivity contribution in [3.05, 3.63) is 29.8 Å². The zero-order valence-corrected chi connectivity index (χ0v) is 18.5. The van der Waals surface area contributed by atoms with E-state index in [9.17, 15) is 0 Å². The molecule has 3 aliphatic heterocycles. The molecule has 0 atom stereocenters. The van der Waals surface area contributed by atoms with Crippen molar-refractivity contribution in [3.63, 3.8) is 0 Å². The zero-order valence-electron chi connectivity index (χ0n) is 18.5. The molecular formula is C24H40N4O. The van der Waals surface area contributed by atoms with Gasteiger partial charge < -0.3 is 15.0 Å². The van der Waals surface area contributed by atoms with E-state index in [-0.39, 0.29) is 0 Å². The Hall–Kier alpha value is -1.14. The van der Waals surface area contributed by atoms with Gasteiger partial charge in [-0.1, -0.05) is 12.1 Å². The fourth-order valence-corrected chi connectivity index (χ4v) is 5.42. The molecular weight excluding hydrogens is 360 g/mol. The molecule has 3 saturated heterocycles. The first-order valence-electron chi connectivity index (χ1n) is 11.7. The molecule has 0 bridgehead atoms. The van der Waals surface area contributed by atoms with Crippen LogP contribution in [0.2, 0.25) is 0 Å². The van der Waals surface area contributed by atoms with Crippen molar-refractivity contribution in [2.75, 3.05) is 66.0 Å². The van der Waals surface area contributed by atoms with Crippen LogP contribution in [0.15, 0.2) is 24.3 Å². The monoisotopic (exact) mass is 400 g/mol. The zero-order chi connectivity index (χ0) is 20.1. The summed E-state index contributed by atoms with van der Waals surface area (Å²) in [4.78, 5) is 8.12. The number of likely N-dealkylation sites (tertiary alicyclic amines) is 1. The van der Waals surface area contributed by atoms with Crippen molar-refractivity contribution in [1.29, 1.82) is 0 Å². The van der Waals surface area contributed by atoms with Gasteiger partial charge in [0.25, 0.3) is 0 Å². The Morgan fingerprint density at radius 3 is 2.17 bits per heavy atom. The fourth-order valence-electron chi connectivity index (χ4n) is 5.42. The highest BCUT2D eigenvalue weighted by Crippen LogP contribution is 2.31. The van der Waals surface area contributed by atoms with Crippen LogP contribution < -0.4 is 10.1 Å². The third kappa shape index (κ3) is 5.52. The van der Waals surface area contributed by atoms with Crippen LogP contribution in [0.3, 0.4) is 0 Å². The molecule has 1 aromatic carbocycles. The molecule has 3 aliphatic rings. The molecule has 0 aliphatic carbocycles. The lowest BCUT2D eigenvalue weighted by Crippen LogP contribution is -2.55. The second-order valence-electron chi connectivity index (χ2n) is 9.60. The summed E-state index contributed by atoms with van der Waals surface area (Å²) < 4.78 is 5.27. The van der Waals surface area contributed by atoms with E-state index in [0.29, 0.717) is 5.54 Å². The second kappa shape index (κ2) is 9.78. The molecule has 1 N–H and O–H groups in total. The Kier molecular flexibility index (Phi) is 7.12. The van der Waals surface area contributed by atoms with Crippen molar-refractivity contribution in [3.8, 4) is 5.75 Å². The first kappa shape index (κ1) is 21.1. The predicted molar refractivity (Wildman–Crippen MR) is 120 cm³/mol. The molecule has 0 amide bonds. The topological polar surface area (TPSA) is 31.0 Å². The average Bonchev–Trinajstić information content (AvgIpc) is 2.77. The molecule has 0 radical (unpaired) electrons. The third-order valence-corrected chi connectivity index (χ3v) is 7.61. The molecule has 5 heteroatoms. The number of piperidine rings is 2. The molecule has 29 heavy (non-hydrogen) atoms. The van der Waals surface area contributed by atoms with E-state index in [1.54, 1.807) is 7.11 Å². The van der Waals surface area contributed by atoms with E-state index in [1.807, 2.05) is 0 Å². The number of benzene rings is 1. The van der Waals surface area contributed by atoms with Crippen molar-refractivity contribution in [1.82, 2.24) is 20.0 Å². The third-order valence-electron chi connectivity index (χ3n) is 7.61. The van der Waals surface area contributed by atoms with Crippen LogP contribution >= 0.6 is 0 Å². The number of hydrogen-bond acceptors (Lipinski definition) is 5. The first-order valence-corrected chi connectivity index (χ1v) is 11.7. The van der Waals surface area contributed by atoms with Crippen molar-refractivity contribution in [2.45, 2.75) is 44.7 Å². The van der Waals surface area contributed by atoms with Gasteiger partial charge in [0.15, 0.2) is 0 Å². The summed E-state index contributed by atoms with van der Waals surface area (Å²) in [5.41, 5.74) is 1.83. The minimum absolute atomic E-state index is 0.448. The van der Waals surface area contributed by atoms with Crippen LogP contribution in [0.4, 0.5) is 0 Å². The van der Waals surface area contributed by atoms with Crippen LogP contribution in [-0.4, -0.2) is 86.3 Å². The highest BCUT2D eigenvalue weighted by atomic mass is 16.5. The summed E-state index contributed by atoms with van der Waals surface area (Å²) in [5.74, 6) is 1.84. The van der Waals surface area contributed by atoms with Gasteiger partial charge in [0, 0.05) is 44.8 Å². The molecule has 4 rings (SSSR count). The molecule has 0 unspecified atom stereocenters. The maximum absolute atomic E-state index is 5.27. The number of nitrogens with one attached hydrogen (secondary N) is 1. The fraction of sp³-hybridized carbons (Fsp3) is 0.750. The largest absolute Gasteiger partial charge is 0.497 e. The smallest absolute Gasteiger partial charge is 0.118 e. The summed E-state index contributed by atoms with van der Waals surface area (Å²) in [6.45, 7) is 14.7. The second-order valence-corrected chi connectivity index (χ2v) is 9.60. The molecule has 162 valence electrons. The van der Waals surface area contributed by atoms with Crippen LogP contribution in [0.1, 0.15) is 38.2 Å². The van der Waals surface area contributed by atoms with E-state index < -0.39 is 0 Å². The maximum Gasteiger partial charge on any atom is 0.118 e. The van der Waals surface area contributed by atoms with Gasteiger partial charge in [0.2, 0.25) is 0 Å². The Bertz CT molecular complexity index is 612. The average molecular weight is 401 g/mol. The number of ether oxygens (including phenoxy) is 1. The Morgan fingerprint density at radius 1 is 0.931 bits per heavy atom. The number of hydrogen-bond donors (Lipinski definition) is 1. The highest BCUT2D eigenvalue weighted by Gasteiger charge is 2.35. The summed E-state index contributed by atoms with van der Waals surface area (Å²) in [6.07, 6.45) is 5.39. The van der Waals surface area contributed by atoms with Crippen LogP contribution in [0.25, 0.3) is 0 Å². The molecule has 0 spiro atoms. The van der Waals surface area contributed by atoms with Gasteiger partial charge in [0.05, 0.1) is 7.11 Å². The van der Waals surface area contributed by atoms with Crippen molar-refractivity contribution in [2.24, 2.45) is 5.92 Å². The molecule has 0 saturated carbocycles. The predicted octanol–water partition coefficient (Wildman–Crippen LogP) is 2.67. The number of nitrogens with zero attached hydrogens (tertiary/aromatic N) is 3. The molecule has 1 aromatic rings. The van der Waals surface area contributed by atoms with Crippen LogP contribution in [-0.2, 0) is 6.54 Å². The van der Waals surface area contributed by atoms with Gasteiger partial charge in [-0.05, 0) is 82.4 Å².